The highest BCUT2D eigenvalue weighted by Crippen LogP contribution is 2.22. The van der Waals surface area contributed by atoms with Crippen molar-refractivity contribution in [3.8, 4) is 11.3 Å². The van der Waals surface area contributed by atoms with E-state index in [1.54, 1.807) is 0 Å². The normalized spacial score (nSPS) is 10.3. The fourth-order valence-electron chi connectivity index (χ4n) is 1.37. The van der Waals surface area contributed by atoms with E-state index in [2.05, 4.69) is 18.0 Å². The Kier molecular flexibility index (Phi) is 2.11. The van der Waals surface area contributed by atoms with Gasteiger partial charge >= 0.3 is 0 Å². The van der Waals surface area contributed by atoms with Crippen molar-refractivity contribution in [1.29, 1.82) is 0 Å². The van der Waals surface area contributed by atoms with Crippen LogP contribution in [0.25, 0.3) is 11.3 Å². The predicted octanol–water partition coefficient (Wildman–Crippen LogP) is 3.64. The molecule has 2 rings (SSSR count). The molecule has 66 valence electrons. The zero-order valence-corrected chi connectivity index (χ0v) is 8.10. The maximum Gasteiger partial charge on any atom is 0.0483 e. The molecule has 13 heavy (non-hydrogen) atoms. The lowest BCUT2D eigenvalue weighted by atomic mass is 10.1. The lowest BCUT2D eigenvalue weighted by Gasteiger charge is -1.99. The molecular formula is C11H10ClN. The van der Waals surface area contributed by atoms with Gasteiger partial charge in [0, 0.05) is 16.9 Å². The summed E-state index contributed by atoms with van der Waals surface area (Å²) in [4.78, 5) is 3.20. The summed E-state index contributed by atoms with van der Waals surface area (Å²) < 4.78 is 0. The van der Waals surface area contributed by atoms with E-state index in [0.29, 0.717) is 0 Å². The molecule has 0 saturated carbocycles. The molecule has 1 N–H and O–H groups in total. The highest BCUT2D eigenvalue weighted by Gasteiger charge is 2.01. The first-order chi connectivity index (χ1) is 6.27. The summed E-state index contributed by atoms with van der Waals surface area (Å²) in [6, 6.07) is 9.89. The summed E-state index contributed by atoms with van der Waals surface area (Å²) in [7, 11) is 0. The smallest absolute Gasteiger partial charge is 0.0483 e. The standard InChI is InChI=1S/C11H10ClN/c1-8-6-7-13-11(8)9-2-4-10(12)5-3-9/h2-7,13H,1H3. The predicted molar refractivity (Wildman–Crippen MR) is 56.0 cm³/mol. The summed E-state index contributed by atoms with van der Waals surface area (Å²) in [5.74, 6) is 0. The number of hydrogen-bond donors (Lipinski definition) is 1. The zero-order chi connectivity index (χ0) is 9.26. The SMILES string of the molecule is Cc1cc[nH]c1-c1ccc(Cl)cc1. The van der Waals surface area contributed by atoms with Crippen LogP contribution in [0.1, 0.15) is 5.56 Å². The van der Waals surface area contributed by atoms with Crippen LogP contribution >= 0.6 is 11.6 Å². The van der Waals surface area contributed by atoms with Crippen LogP contribution in [0.5, 0.6) is 0 Å². The van der Waals surface area contributed by atoms with Crippen molar-refractivity contribution in [2.24, 2.45) is 0 Å². The van der Waals surface area contributed by atoms with Crippen molar-refractivity contribution >= 4 is 11.6 Å². The molecule has 0 bridgehead atoms. The minimum atomic E-state index is 0.771. The number of aromatic nitrogens is 1. The first kappa shape index (κ1) is 8.39. The fraction of sp³-hybridized carbons (Fsp3) is 0.0909. The number of aryl methyl sites for hydroxylation is 1. The number of hydrogen-bond acceptors (Lipinski definition) is 0. The molecule has 0 aliphatic heterocycles. The minimum absolute atomic E-state index is 0.771. The van der Waals surface area contributed by atoms with Crippen LogP contribution in [0.3, 0.4) is 0 Å². The molecule has 0 atom stereocenters. The number of halogens is 1. The van der Waals surface area contributed by atoms with E-state index >= 15 is 0 Å². The van der Waals surface area contributed by atoms with Gasteiger partial charge in [0.2, 0.25) is 0 Å². The third kappa shape index (κ3) is 1.61. The Morgan fingerprint density at radius 3 is 2.31 bits per heavy atom. The number of aromatic amines is 1. The fourth-order valence-corrected chi connectivity index (χ4v) is 1.50. The molecule has 0 unspecified atom stereocenters. The topological polar surface area (TPSA) is 15.8 Å². The van der Waals surface area contributed by atoms with Gasteiger partial charge < -0.3 is 4.98 Å². The van der Waals surface area contributed by atoms with Gasteiger partial charge in [0.25, 0.3) is 0 Å². The van der Waals surface area contributed by atoms with E-state index in [0.717, 1.165) is 10.7 Å². The van der Waals surface area contributed by atoms with Crippen LogP contribution in [-0.4, -0.2) is 4.98 Å². The summed E-state index contributed by atoms with van der Waals surface area (Å²) in [5.41, 5.74) is 3.59. The van der Waals surface area contributed by atoms with Gasteiger partial charge in [0.15, 0.2) is 0 Å². The molecule has 0 fully saturated rings. The highest BCUT2D eigenvalue weighted by atomic mass is 35.5. The molecule has 0 saturated heterocycles. The van der Waals surface area contributed by atoms with Crippen LogP contribution in [0.15, 0.2) is 36.5 Å². The molecule has 0 amide bonds. The molecule has 1 aromatic carbocycles. The maximum absolute atomic E-state index is 5.80. The molecule has 0 spiro atoms. The number of nitrogens with one attached hydrogen (secondary N) is 1. The summed E-state index contributed by atoms with van der Waals surface area (Å²) in [5, 5.41) is 0.771. The van der Waals surface area contributed by atoms with E-state index in [1.165, 1.54) is 11.1 Å². The van der Waals surface area contributed by atoms with Crippen LogP contribution in [0, 0.1) is 6.92 Å². The van der Waals surface area contributed by atoms with E-state index in [4.69, 9.17) is 11.6 Å². The first-order valence-corrected chi connectivity index (χ1v) is 4.55. The first-order valence-electron chi connectivity index (χ1n) is 4.17. The van der Waals surface area contributed by atoms with Gasteiger partial charge in [-0.05, 0) is 36.2 Å². The lowest BCUT2D eigenvalue weighted by Crippen LogP contribution is -1.79. The third-order valence-corrected chi connectivity index (χ3v) is 2.34. The average Bonchev–Trinajstić information content (AvgIpc) is 2.53. The van der Waals surface area contributed by atoms with Gasteiger partial charge in [-0.1, -0.05) is 23.7 Å². The monoisotopic (exact) mass is 191 g/mol. The lowest BCUT2D eigenvalue weighted by molar-refractivity contribution is 1.38. The molecule has 1 heterocycles. The van der Waals surface area contributed by atoms with E-state index in [-0.39, 0.29) is 0 Å². The number of benzene rings is 1. The second-order valence-electron chi connectivity index (χ2n) is 3.04. The van der Waals surface area contributed by atoms with E-state index in [1.807, 2.05) is 30.5 Å². The summed E-state index contributed by atoms with van der Waals surface area (Å²) >= 11 is 5.80. The van der Waals surface area contributed by atoms with Gasteiger partial charge in [-0.15, -0.1) is 0 Å². The quantitative estimate of drug-likeness (QED) is 0.709. The molecule has 1 nitrogen and oxygen atoms in total. The average molecular weight is 192 g/mol. The Bertz CT molecular complexity index is 400. The van der Waals surface area contributed by atoms with Crippen molar-refractivity contribution in [3.63, 3.8) is 0 Å². The van der Waals surface area contributed by atoms with Crippen molar-refractivity contribution < 1.29 is 0 Å². The van der Waals surface area contributed by atoms with E-state index in [9.17, 15) is 0 Å². The maximum atomic E-state index is 5.80. The Balaban J connectivity index is 2.47. The molecule has 2 heteroatoms. The second-order valence-corrected chi connectivity index (χ2v) is 3.48. The molecule has 2 aromatic rings. The Hall–Kier alpha value is -1.21. The molecule has 1 aromatic heterocycles. The van der Waals surface area contributed by atoms with Crippen LogP contribution in [0.4, 0.5) is 0 Å². The van der Waals surface area contributed by atoms with Crippen molar-refractivity contribution in [1.82, 2.24) is 4.98 Å². The molecular weight excluding hydrogens is 182 g/mol. The van der Waals surface area contributed by atoms with Gasteiger partial charge in [0.1, 0.15) is 0 Å². The second kappa shape index (κ2) is 3.27. The highest BCUT2D eigenvalue weighted by molar-refractivity contribution is 6.30. The van der Waals surface area contributed by atoms with Gasteiger partial charge in [-0.3, -0.25) is 0 Å². The Morgan fingerprint density at radius 2 is 1.77 bits per heavy atom. The van der Waals surface area contributed by atoms with Crippen LogP contribution in [-0.2, 0) is 0 Å². The largest absolute Gasteiger partial charge is 0.361 e. The third-order valence-electron chi connectivity index (χ3n) is 2.09. The summed E-state index contributed by atoms with van der Waals surface area (Å²) in [6.07, 6.45) is 1.94. The van der Waals surface area contributed by atoms with Crippen molar-refractivity contribution in [2.45, 2.75) is 6.92 Å². The van der Waals surface area contributed by atoms with Crippen LogP contribution in [0.2, 0.25) is 5.02 Å². The van der Waals surface area contributed by atoms with Gasteiger partial charge in [0.05, 0.1) is 0 Å². The van der Waals surface area contributed by atoms with Crippen molar-refractivity contribution in [3.05, 3.63) is 47.1 Å². The zero-order valence-electron chi connectivity index (χ0n) is 7.34. The van der Waals surface area contributed by atoms with Crippen LogP contribution < -0.4 is 0 Å². The Labute approximate surface area is 82.4 Å². The number of rotatable bonds is 1. The van der Waals surface area contributed by atoms with Gasteiger partial charge in [-0.25, -0.2) is 0 Å². The molecule has 0 aliphatic carbocycles. The molecule has 0 radical (unpaired) electrons. The van der Waals surface area contributed by atoms with Gasteiger partial charge in [-0.2, -0.15) is 0 Å². The van der Waals surface area contributed by atoms with Crippen molar-refractivity contribution in [2.75, 3.05) is 0 Å². The minimum Gasteiger partial charge on any atom is -0.361 e. The Morgan fingerprint density at radius 1 is 1.08 bits per heavy atom. The summed E-state index contributed by atoms with van der Waals surface area (Å²) in [6.45, 7) is 2.08. The molecule has 0 aliphatic rings. The van der Waals surface area contributed by atoms with E-state index < -0.39 is 0 Å². The number of H-pyrrole nitrogens is 1.